The molecule has 2 aromatic rings. The first-order valence-corrected chi connectivity index (χ1v) is 6.25. The summed E-state index contributed by atoms with van der Waals surface area (Å²) in [5.41, 5.74) is 0.316. The molecule has 0 bridgehead atoms. The predicted molar refractivity (Wildman–Crippen MR) is 78.8 cm³/mol. The number of aromatic nitrogens is 2. The lowest BCUT2D eigenvalue weighted by Gasteiger charge is -2.11. The second kappa shape index (κ2) is 7.02. The highest BCUT2D eigenvalue weighted by Crippen LogP contribution is 2.28. The minimum Gasteiger partial charge on any atom is -0.497 e. The number of hydrogen-bond acceptors (Lipinski definition) is 6. The zero-order valence-corrected chi connectivity index (χ0v) is 12.0. The van der Waals surface area contributed by atoms with E-state index in [2.05, 4.69) is 20.6 Å². The topological polar surface area (TPSA) is 102 Å². The third-order valence-electron chi connectivity index (χ3n) is 2.65. The van der Waals surface area contributed by atoms with Crippen molar-refractivity contribution >= 4 is 23.5 Å². The molecule has 8 heteroatoms. The molecule has 2 amide bonds. The van der Waals surface area contributed by atoms with E-state index < -0.39 is 11.8 Å². The average molecular weight is 302 g/mol. The molecule has 0 aliphatic rings. The molecule has 0 fully saturated rings. The Balaban J connectivity index is 2.09. The van der Waals surface area contributed by atoms with Gasteiger partial charge in [0.15, 0.2) is 0 Å². The van der Waals surface area contributed by atoms with Crippen LogP contribution in [0.5, 0.6) is 11.5 Å². The summed E-state index contributed by atoms with van der Waals surface area (Å²) in [6.07, 6.45) is 2.90. The van der Waals surface area contributed by atoms with Crippen LogP contribution in [0.1, 0.15) is 0 Å². The van der Waals surface area contributed by atoms with Crippen LogP contribution < -0.4 is 20.1 Å². The van der Waals surface area contributed by atoms with E-state index in [1.165, 1.54) is 26.6 Å². The van der Waals surface area contributed by atoms with Gasteiger partial charge < -0.3 is 14.8 Å². The first kappa shape index (κ1) is 15.2. The number of methoxy groups -OCH3 is 2. The van der Waals surface area contributed by atoms with Crippen LogP contribution in [0.25, 0.3) is 0 Å². The van der Waals surface area contributed by atoms with Gasteiger partial charge in [-0.1, -0.05) is 0 Å². The van der Waals surface area contributed by atoms with Gasteiger partial charge in [-0.15, -0.1) is 0 Å². The Bertz CT molecular complexity index is 676. The number of carbonyl (C=O) groups is 2. The van der Waals surface area contributed by atoms with Crippen molar-refractivity contribution in [2.24, 2.45) is 0 Å². The molecule has 1 aromatic carbocycles. The number of nitrogens with zero attached hydrogens (tertiary/aromatic N) is 2. The molecule has 114 valence electrons. The van der Waals surface area contributed by atoms with E-state index in [1.54, 1.807) is 24.3 Å². The molecule has 0 radical (unpaired) electrons. The molecule has 22 heavy (non-hydrogen) atoms. The number of hydrogen-bond donors (Lipinski definition) is 2. The van der Waals surface area contributed by atoms with Gasteiger partial charge in [-0.3, -0.25) is 14.9 Å². The zero-order valence-electron chi connectivity index (χ0n) is 12.0. The van der Waals surface area contributed by atoms with E-state index in [9.17, 15) is 9.59 Å². The Kier molecular flexibility index (Phi) is 4.86. The van der Waals surface area contributed by atoms with Crippen molar-refractivity contribution < 1.29 is 19.1 Å². The molecule has 0 saturated carbocycles. The Morgan fingerprint density at radius 3 is 2.32 bits per heavy atom. The summed E-state index contributed by atoms with van der Waals surface area (Å²) in [5, 5.41) is 4.73. The molecule has 2 N–H and O–H groups in total. The standard InChI is InChI=1S/C14H14N4O4/c1-21-9-4-5-11(22-2)10(8-9)17-12(19)13(20)18-14-15-6-3-7-16-14/h3-8H,1-2H3,(H,17,19)(H,15,16,18,20). The first-order chi connectivity index (χ1) is 10.6. The van der Waals surface area contributed by atoms with Crippen LogP contribution in [0.2, 0.25) is 0 Å². The van der Waals surface area contributed by atoms with E-state index in [4.69, 9.17) is 9.47 Å². The van der Waals surface area contributed by atoms with Gasteiger partial charge >= 0.3 is 11.8 Å². The predicted octanol–water partition coefficient (Wildman–Crippen LogP) is 1.07. The summed E-state index contributed by atoms with van der Waals surface area (Å²) in [4.78, 5) is 31.3. The lowest BCUT2D eigenvalue weighted by Crippen LogP contribution is -2.29. The fourth-order valence-corrected chi connectivity index (χ4v) is 1.61. The number of amides is 2. The van der Waals surface area contributed by atoms with Gasteiger partial charge in [0.1, 0.15) is 11.5 Å². The van der Waals surface area contributed by atoms with Crippen LogP contribution in [-0.4, -0.2) is 36.0 Å². The van der Waals surface area contributed by atoms with Gasteiger partial charge in [0, 0.05) is 18.5 Å². The number of rotatable bonds is 4. The lowest BCUT2D eigenvalue weighted by molar-refractivity contribution is -0.133. The highest BCUT2D eigenvalue weighted by molar-refractivity contribution is 6.43. The fraction of sp³-hybridized carbons (Fsp3) is 0.143. The van der Waals surface area contributed by atoms with Crippen LogP contribution in [0.15, 0.2) is 36.7 Å². The minimum atomic E-state index is -0.893. The maximum Gasteiger partial charge on any atom is 0.316 e. The van der Waals surface area contributed by atoms with Gasteiger partial charge in [0.25, 0.3) is 0 Å². The SMILES string of the molecule is COc1ccc(OC)c(NC(=O)C(=O)Nc2ncccn2)c1. The Hall–Kier alpha value is -3.16. The fourth-order valence-electron chi connectivity index (χ4n) is 1.61. The summed E-state index contributed by atoms with van der Waals surface area (Å²) in [7, 11) is 2.95. The van der Waals surface area contributed by atoms with Crippen LogP contribution >= 0.6 is 0 Å². The maximum absolute atomic E-state index is 11.9. The van der Waals surface area contributed by atoms with Crippen LogP contribution in [0.4, 0.5) is 11.6 Å². The lowest BCUT2D eigenvalue weighted by atomic mass is 10.2. The number of ether oxygens (including phenoxy) is 2. The van der Waals surface area contributed by atoms with Crippen LogP contribution in [0, 0.1) is 0 Å². The van der Waals surface area contributed by atoms with Gasteiger partial charge in [-0.2, -0.15) is 0 Å². The molecule has 8 nitrogen and oxygen atoms in total. The molecule has 0 unspecified atom stereocenters. The second-order valence-electron chi connectivity index (χ2n) is 4.05. The van der Waals surface area contributed by atoms with Gasteiger partial charge in [-0.05, 0) is 18.2 Å². The van der Waals surface area contributed by atoms with E-state index >= 15 is 0 Å². The molecule has 0 atom stereocenters. The van der Waals surface area contributed by atoms with E-state index in [1.807, 2.05) is 0 Å². The molecule has 2 rings (SSSR count). The van der Waals surface area contributed by atoms with Crippen molar-refractivity contribution in [3.8, 4) is 11.5 Å². The summed E-state index contributed by atoms with van der Waals surface area (Å²) in [6, 6.07) is 6.43. The molecule has 1 aromatic heterocycles. The third-order valence-corrected chi connectivity index (χ3v) is 2.65. The Morgan fingerprint density at radius 1 is 1.00 bits per heavy atom. The summed E-state index contributed by atoms with van der Waals surface area (Å²) in [6.45, 7) is 0. The molecule has 1 heterocycles. The van der Waals surface area contributed by atoms with Crippen molar-refractivity contribution in [1.82, 2.24) is 9.97 Å². The maximum atomic E-state index is 11.9. The number of nitrogens with one attached hydrogen (secondary N) is 2. The average Bonchev–Trinajstić information content (AvgIpc) is 2.55. The number of anilines is 2. The van der Waals surface area contributed by atoms with Crippen molar-refractivity contribution in [2.75, 3.05) is 24.9 Å². The highest BCUT2D eigenvalue weighted by Gasteiger charge is 2.17. The highest BCUT2D eigenvalue weighted by atomic mass is 16.5. The van der Waals surface area contributed by atoms with Gasteiger partial charge in [0.2, 0.25) is 5.95 Å². The van der Waals surface area contributed by atoms with Crippen molar-refractivity contribution in [1.29, 1.82) is 0 Å². The normalized spacial score (nSPS) is 9.73. The van der Waals surface area contributed by atoms with Gasteiger partial charge in [0.05, 0.1) is 19.9 Å². The first-order valence-electron chi connectivity index (χ1n) is 6.25. The van der Waals surface area contributed by atoms with Crippen LogP contribution in [-0.2, 0) is 9.59 Å². The molecule has 0 aliphatic heterocycles. The van der Waals surface area contributed by atoms with E-state index in [-0.39, 0.29) is 5.95 Å². The van der Waals surface area contributed by atoms with Crippen molar-refractivity contribution in [2.45, 2.75) is 0 Å². The van der Waals surface area contributed by atoms with Gasteiger partial charge in [-0.25, -0.2) is 9.97 Å². The third kappa shape index (κ3) is 3.69. The Morgan fingerprint density at radius 2 is 1.68 bits per heavy atom. The summed E-state index contributed by atoms with van der Waals surface area (Å²) in [5.74, 6) is -0.809. The minimum absolute atomic E-state index is 0.0419. The van der Waals surface area contributed by atoms with E-state index in [0.29, 0.717) is 17.2 Å². The largest absolute Gasteiger partial charge is 0.497 e. The molecule has 0 spiro atoms. The van der Waals surface area contributed by atoms with Crippen LogP contribution in [0.3, 0.4) is 0 Å². The quantitative estimate of drug-likeness (QED) is 0.819. The number of carbonyl (C=O) groups excluding carboxylic acids is 2. The molecule has 0 saturated heterocycles. The summed E-state index contributed by atoms with van der Waals surface area (Å²) < 4.78 is 10.2. The summed E-state index contributed by atoms with van der Waals surface area (Å²) >= 11 is 0. The monoisotopic (exact) mass is 302 g/mol. The molecular weight excluding hydrogens is 288 g/mol. The zero-order chi connectivity index (χ0) is 15.9. The second-order valence-corrected chi connectivity index (χ2v) is 4.05. The van der Waals surface area contributed by atoms with Crippen molar-refractivity contribution in [3.05, 3.63) is 36.7 Å². The smallest absolute Gasteiger partial charge is 0.316 e. The van der Waals surface area contributed by atoms with E-state index in [0.717, 1.165) is 0 Å². The Labute approximate surface area is 126 Å². The van der Waals surface area contributed by atoms with Crippen molar-refractivity contribution in [3.63, 3.8) is 0 Å². The molecule has 0 aliphatic carbocycles. The molecular formula is C14H14N4O4. The number of benzene rings is 1.